The summed E-state index contributed by atoms with van der Waals surface area (Å²) < 4.78 is 13.3. The lowest BCUT2D eigenvalue weighted by atomic mass is 10.2. The van der Waals surface area contributed by atoms with Crippen molar-refractivity contribution in [3.63, 3.8) is 0 Å². The quantitative estimate of drug-likeness (QED) is 0.736. The van der Waals surface area contributed by atoms with E-state index in [0.29, 0.717) is 26.2 Å². The number of nitrogens with one attached hydrogen (secondary N) is 1. The number of hydrogen-bond acceptors (Lipinski definition) is 4. The zero-order valence-electron chi connectivity index (χ0n) is 15.4. The third-order valence-electron chi connectivity index (χ3n) is 4.46. The first-order valence-corrected chi connectivity index (χ1v) is 9.24. The highest BCUT2D eigenvalue weighted by Gasteiger charge is 2.24. The summed E-state index contributed by atoms with van der Waals surface area (Å²) in [6, 6.07) is 18.7. The Kier molecular flexibility index (Phi) is 5.53. The number of carbonyl (C=O) groups excluding carboxylic acids is 1. The third kappa shape index (κ3) is 4.69. The summed E-state index contributed by atoms with van der Waals surface area (Å²) in [7, 11) is 0. The van der Waals surface area contributed by atoms with Gasteiger partial charge in [0.2, 0.25) is 0 Å². The van der Waals surface area contributed by atoms with Crippen molar-refractivity contribution in [1.29, 1.82) is 0 Å². The second-order valence-electron chi connectivity index (χ2n) is 6.54. The average Bonchev–Trinajstić information content (AvgIpc) is 3.23. The number of urea groups is 1. The molecule has 2 heterocycles. The topological polar surface area (TPSA) is 68.6 Å². The number of nitrogens with zero attached hydrogens (tertiary/aromatic N) is 3. The molecule has 3 aromatic rings. The summed E-state index contributed by atoms with van der Waals surface area (Å²) in [6.07, 6.45) is 3.56. The highest BCUT2D eigenvalue weighted by Crippen LogP contribution is 2.23. The van der Waals surface area contributed by atoms with Crippen LogP contribution in [0, 0.1) is 0 Å². The summed E-state index contributed by atoms with van der Waals surface area (Å²) in [6.45, 7) is 2.24. The molecule has 1 aliphatic heterocycles. The molecule has 2 aromatic carbocycles. The Morgan fingerprint density at radius 2 is 1.89 bits per heavy atom. The van der Waals surface area contributed by atoms with Gasteiger partial charge in [-0.2, -0.15) is 5.10 Å². The number of hydrogen-bond donors (Lipinski definition) is 1. The van der Waals surface area contributed by atoms with Crippen LogP contribution in [0.4, 0.5) is 10.5 Å². The minimum atomic E-state index is -0.134. The first-order valence-electron chi connectivity index (χ1n) is 9.24. The van der Waals surface area contributed by atoms with E-state index in [4.69, 9.17) is 9.47 Å². The van der Waals surface area contributed by atoms with E-state index in [0.717, 1.165) is 17.2 Å². The van der Waals surface area contributed by atoms with Crippen molar-refractivity contribution < 1.29 is 14.3 Å². The summed E-state index contributed by atoms with van der Waals surface area (Å²) in [5.74, 6) is 1.49. The van der Waals surface area contributed by atoms with Crippen LogP contribution in [-0.2, 0) is 11.3 Å². The molecular weight excluding hydrogens is 356 g/mol. The molecule has 144 valence electrons. The molecule has 7 nitrogen and oxygen atoms in total. The molecule has 2 amide bonds. The maximum atomic E-state index is 12.6. The molecule has 1 aromatic heterocycles. The molecule has 4 rings (SSSR count). The van der Waals surface area contributed by atoms with Crippen molar-refractivity contribution >= 4 is 11.7 Å². The number of para-hydroxylation sites is 1. The molecule has 0 radical (unpaired) electrons. The molecule has 1 atom stereocenters. The van der Waals surface area contributed by atoms with Crippen LogP contribution in [0.3, 0.4) is 0 Å². The van der Waals surface area contributed by atoms with E-state index in [1.54, 1.807) is 11.1 Å². The second-order valence-corrected chi connectivity index (χ2v) is 6.54. The van der Waals surface area contributed by atoms with Gasteiger partial charge in [0.25, 0.3) is 0 Å². The molecule has 0 aliphatic carbocycles. The Bertz CT molecular complexity index is 882. The summed E-state index contributed by atoms with van der Waals surface area (Å²) in [4.78, 5) is 14.4. The molecule has 1 aliphatic rings. The van der Waals surface area contributed by atoms with Gasteiger partial charge >= 0.3 is 6.03 Å². The van der Waals surface area contributed by atoms with Crippen LogP contribution in [-0.4, -0.2) is 46.5 Å². The van der Waals surface area contributed by atoms with E-state index in [-0.39, 0.29) is 12.1 Å². The van der Waals surface area contributed by atoms with E-state index in [2.05, 4.69) is 10.4 Å². The number of benzene rings is 2. The number of amides is 2. The summed E-state index contributed by atoms with van der Waals surface area (Å²) in [5, 5.41) is 7.13. The lowest BCUT2D eigenvalue weighted by Crippen LogP contribution is -2.48. The zero-order chi connectivity index (χ0) is 19.2. The number of ether oxygens (including phenoxy) is 2. The van der Waals surface area contributed by atoms with Crippen molar-refractivity contribution in [3.05, 3.63) is 73.1 Å². The first-order chi connectivity index (χ1) is 13.8. The fourth-order valence-corrected chi connectivity index (χ4v) is 3.06. The van der Waals surface area contributed by atoms with Crippen LogP contribution in [0.2, 0.25) is 0 Å². The molecule has 0 bridgehead atoms. The van der Waals surface area contributed by atoms with Crippen molar-refractivity contribution in [2.45, 2.75) is 12.6 Å². The smallest absolute Gasteiger partial charge is 0.322 e. The predicted octanol–water partition coefficient (Wildman–Crippen LogP) is 3.61. The lowest BCUT2D eigenvalue weighted by molar-refractivity contribution is -0.0219. The van der Waals surface area contributed by atoms with E-state index in [1.807, 2.05) is 71.5 Å². The summed E-state index contributed by atoms with van der Waals surface area (Å²) in [5.41, 5.74) is 0.723. The van der Waals surface area contributed by atoms with Gasteiger partial charge in [0.1, 0.15) is 11.5 Å². The minimum absolute atomic E-state index is 0.0685. The van der Waals surface area contributed by atoms with Gasteiger partial charge < -0.3 is 19.7 Å². The van der Waals surface area contributed by atoms with E-state index < -0.39 is 0 Å². The van der Waals surface area contributed by atoms with Gasteiger partial charge in [-0.15, -0.1) is 0 Å². The highest BCUT2D eigenvalue weighted by molar-refractivity contribution is 5.89. The van der Waals surface area contributed by atoms with Crippen molar-refractivity contribution in [2.75, 3.05) is 25.0 Å². The Balaban J connectivity index is 1.31. The first kappa shape index (κ1) is 18.1. The molecule has 1 fully saturated rings. The van der Waals surface area contributed by atoms with Crippen molar-refractivity contribution in [3.8, 4) is 11.5 Å². The third-order valence-corrected chi connectivity index (χ3v) is 4.46. The normalized spacial score (nSPS) is 16.6. The van der Waals surface area contributed by atoms with Crippen LogP contribution in [0.25, 0.3) is 0 Å². The fraction of sp³-hybridized carbons (Fsp3) is 0.238. The van der Waals surface area contributed by atoms with Gasteiger partial charge in [-0.3, -0.25) is 4.68 Å². The maximum Gasteiger partial charge on any atom is 0.322 e. The molecule has 1 saturated heterocycles. The van der Waals surface area contributed by atoms with E-state index in [1.165, 1.54) is 0 Å². The SMILES string of the molecule is O=C(Nc1ccc(Oc2ccccc2)cc1)N1CCOC(Cn2cccn2)C1. The van der Waals surface area contributed by atoms with Gasteiger partial charge in [-0.25, -0.2) is 4.79 Å². The summed E-state index contributed by atoms with van der Waals surface area (Å²) >= 11 is 0. The zero-order valence-corrected chi connectivity index (χ0v) is 15.4. The van der Waals surface area contributed by atoms with E-state index in [9.17, 15) is 4.79 Å². The van der Waals surface area contributed by atoms with Crippen LogP contribution >= 0.6 is 0 Å². The van der Waals surface area contributed by atoms with E-state index >= 15 is 0 Å². The van der Waals surface area contributed by atoms with Crippen LogP contribution < -0.4 is 10.1 Å². The fourth-order valence-electron chi connectivity index (χ4n) is 3.06. The standard InChI is InChI=1S/C21H22N4O3/c26-21(24-13-14-27-20(15-24)16-25-12-4-11-22-25)23-17-7-9-19(10-8-17)28-18-5-2-1-3-6-18/h1-12,20H,13-16H2,(H,23,26). The molecule has 7 heteroatoms. The Labute approximate surface area is 163 Å². The Morgan fingerprint density at radius 1 is 1.11 bits per heavy atom. The molecule has 0 spiro atoms. The highest BCUT2D eigenvalue weighted by atomic mass is 16.5. The molecular formula is C21H22N4O3. The Morgan fingerprint density at radius 3 is 2.64 bits per heavy atom. The van der Waals surface area contributed by atoms with Gasteiger partial charge in [-0.1, -0.05) is 18.2 Å². The van der Waals surface area contributed by atoms with Crippen LogP contribution in [0.15, 0.2) is 73.1 Å². The van der Waals surface area contributed by atoms with Gasteiger partial charge in [0, 0.05) is 24.6 Å². The maximum absolute atomic E-state index is 12.6. The lowest BCUT2D eigenvalue weighted by Gasteiger charge is -2.32. The number of rotatable bonds is 5. The Hall–Kier alpha value is -3.32. The monoisotopic (exact) mass is 378 g/mol. The van der Waals surface area contributed by atoms with Crippen LogP contribution in [0.5, 0.6) is 11.5 Å². The molecule has 0 saturated carbocycles. The van der Waals surface area contributed by atoms with Crippen molar-refractivity contribution in [2.24, 2.45) is 0 Å². The van der Waals surface area contributed by atoms with Crippen LogP contribution in [0.1, 0.15) is 0 Å². The predicted molar refractivity (Wildman–Crippen MR) is 106 cm³/mol. The van der Waals surface area contributed by atoms with Gasteiger partial charge in [0.15, 0.2) is 0 Å². The number of aromatic nitrogens is 2. The largest absolute Gasteiger partial charge is 0.457 e. The number of carbonyl (C=O) groups is 1. The minimum Gasteiger partial charge on any atom is -0.457 e. The van der Waals surface area contributed by atoms with Gasteiger partial charge in [0.05, 0.1) is 25.8 Å². The number of anilines is 1. The molecule has 28 heavy (non-hydrogen) atoms. The second kappa shape index (κ2) is 8.58. The average molecular weight is 378 g/mol. The van der Waals surface area contributed by atoms with Gasteiger partial charge in [-0.05, 0) is 42.5 Å². The number of morpholine rings is 1. The molecule has 1 unspecified atom stereocenters. The molecule has 1 N–H and O–H groups in total. The van der Waals surface area contributed by atoms with Crippen molar-refractivity contribution in [1.82, 2.24) is 14.7 Å².